The van der Waals surface area contributed by atoms with Crippen LogP contribution in [0.2, 0.25) is 0 Å². The molecule has 0 aliphatic carbocycles. The summed E-state index contributed by atoms with van der Waals surface area (Å²) in [5.41, 5.74) is 0. The maximum absolute atomic E-state index is 12.0. The molecule has 266 valence electrons. The van der Waals surface area contributed by atoms with Crippen molar-refractivity contribution in [1.82, 2.24) is 5.32 Å². The number of aliphatic hydroxyl groups is 1. The second-order valence-corrected chi connectivity index (χ2v) is 12.9. The Balaban J connectivity index is 3.68. The zero-order valence-corrected chi connectivity index (χ0v) is 29.6. The predicted molar refractivity (Wildman–Crippen MR) is 187 cm³/mol. The number of unbranched alkanes of at least 4 members (excludes halogenated alkanes) is 11. The van der Waals surface area contributed by atoms with E-state index in [1.54, 1.807) is 0 Å². The van der Waals surface area contributed by atoms with E-state index >= 15 is 0 Å². The Morgan fingerprint density at radius 1 is 0.696 bits per heavy atom. The van der Waals surface area contributed by atoms with Gasteiger partial charge in [0.25, 0.3) is 0 Å². The minimum absolute atomic E-state index is 0.0693. The molecule has 10 heteroatoms. The van der Waals surface area contributed by atoms with Gasteiger partial charge in [0, 0.05) is 19.4 Å². The van der Waals surface area contributed by atoms with Crippen LogP contribution in [0.25, 0.3) is 0 Å². The van der Waals surface area contributed by atoms with Gasteiger partial charge < -0.3 is 20.1 Å². The van der Waals surface area contributed by atoms with Crippen LogP contribution in [-0.4, -0.2) is 54.3 Å². The highest BCUT2D eigenvalue weighted by atomic mass is 31.2. The van der Waals surface area contributed by atoms with E-state index in [9.17, 15) is 24.2 Å². The molecule has 0 aromatic heterocycles. The van der Waals surface area contributed by atoms with Gasteiger partial charge in [0.1, 0.15) is 12.7 Å². The molecule has 0 rings (SSSR count). The highest BCUT2D eigenvalue weighted by molar-refractivity contribution is 7.47. The topological polar surface area (TPSA) is 131 Å². The van der Waals surface area contributed by atoms with Gasteiger partial charge >= 0.3 is 13.8 Å². The average molecular weight is 670 g/mol. The molecule has 0 saturated heterocycles. The molecule has 0 saturated carbocycles. The van der Waals surface area contributed by atoms with E-state index in [2.05, 4.69) is 67.8 Å². The van der Waals surface area contributed by atoms with Crippen LogP contribution in [0.1, 0.15) is 136 Å². The number of aliphatic hydroxyl groups excluding tert-OH is 1. The van der Waals surface area contributed by atoms with Gasteiger partial charge in [0.05, 0.1) is 13.2 Å². The van der Waals surface area contributed by atoms with E-state index in [4.69, 9.17) is 13.8 Å². The highest BCUT2D eigenvalue weighted by Crippen LogP contribution is 2.42. The molecule has 46 heavy (non-hydrogen) atoms. The fourth-order valence-electron chi connectivity index (χ4n) is 4.34. The number of hydrogen-bond donors (Lipinski definition) is 3. The molecule has 9 nitrogen and oxygen atoms in total. The lowest BCUT2D eigenvalue weighted by molar-refractivity contribution is -0.147. The normalized spacial score (nSPS) is 14.1. The molecule has 0 aromatic rings. The summed E-state index contributed by atoms with van der Waals surface area (Å²) in [5.74, 6) is -0.551. The van der Waals surface area contributed by atoms with Crippen molar-refractivity contribution in [2.24, 2.45) is 0 Å². The van der Waals surface area contributed by atoms with Crippen LogP contribution in [0.15, 0.2) is 48.6 Å². The van der Waals surface area contributed by atoms with E-state index in [-0.39, 0.29) is 32.1 Å². The van der Waals surface area contributed by atoms with Crippen LogP contribution in [-0.2, 0) is 27.9 Å². The Morgan fingerprint density at radius 3 is 1.89 bits per heavy atom. The lowest BCUT2D eigenvalue weighted by Crippen LogP contribution is -2.27. The van der Waals surface area contributed by atoms with Gasteiger partial charge in [-0.25, -0.2) is 4.57 Å². The minimum atomic E-state index is -4.41. The lowest BCUT2D eigenvalue weighted by Gasteiger charge is -2.15. The number of carbonyl (C=O) groups excluding carboxylic acids is 2. The summed E-state index contributed by atoms with van der Waals surface area (Å²) in [6, 6.07) is 0. The monoisotopic (exact) mass is 669 g/mol. The maximum Gasteiger partial charge on any atom is 0.472 e. The fourth-order valence-corrected chi connectivity index (χ4v) is 5.09. The van der Waals surface area contributed by atoms with Crippen LogP contribution in [0, 0.1) is 0 Å². The van der Waals surface area contributed by atoms with Gasteiger partial charge in [-0.1, -0.05) is 107 Å². The molecule has 0 radical (unpaired) electrons. The molecule has 3 N–H and O–H groups in total. The van der Waals surface area contributed by atoms with Crippen LogP contribution >= 0.6 is 7.82 Å². The predicted octanol–water partition coefficient (Wildman–Crippen LogP) is 8.82. The Hall–Kier alpha value is -2.03. The van der Waals surface area contributed by atoms with Gasteiger partial charge in [-0.2, -0.15) is 0 Å². The van der Waals surface area contributed by atoms with Gasteiger partial charge in [-0.15, -0.1) is 0 Å². The van der Waals surface area contributed by atoms with E-state index in [0.29, 0.717) is 6.42 Å². The molecule has 0 heterocycles. The first kappa shape index (κ1) is 44.0. The number of amides is 1. The standard InChI is InChI=1S/C36H64NO8P/c1-3-5-7-9-11-13-15-16-17-18-19-20-22-24-26-28-35(39)37-30-31-44-46(41,42)45-33-34(38)32-43-36(40)29-27-25-23-21-14-12-10-8-6-4-2/h5,7-8,10-11,13,16-17,34,38H,3-4,6,9,12,14-15,18-33H2,1-2H3,(H,37,39)(H,41,42)/b7-5-,10-8-,13-11-,17-16-. The fraction of sp³-hybridized carbons (Fsp3) is 0.722. The number of phosphoric acid groups is 1. The number of phosphoric ester groups is 1. The second kappa shape index (κ2) is 32.9. The van der Waals surface area contributed by atoms with E-state index in [1.807, 2.05) is 0 Å². The third kappa shape index (κ3) is 33.3. The summed E-state index contributed by atoms with van der Waals surface area (Å²) < 4.78 is 26.7. The number of nitrogens with one attached hydrogen (secondary N) is 1. The van der Waals surface area contributed by atoms with Crippen molar-refractivity contribution in [3.8, 4) is 0 Å². The van der Waals surface area contributed by atoms with Crippen molar-refractivity contribution < 1.29 is 37.9 Å². The molecule has 0 aliphatic heterocycles. The molecular weight excluding hydrogens is 605 g/mol. The molecule has 0 spiro atoms. The third-order valence-electron chi connectivity index (χ3n) is 6.97. The molecular formula is C36H64NO8P. The smallest absolute Gasteiger partial charge is 0.463 e. The van der Waals surface area contributed by atoms with Gasteiger partial charge in [-0.05, 0) is 64.2 Å². The van der Waals surface area contributed by atoms with Crippen LogP contribution in [0.3, 0.4) is 0 Å². The largest absolute Gasteiger partial charge is 0.472 e. The van der Waals surface area contributed by atoms with Gasteiger partial charge in [0.15, 0.2) is 0 Å². The summed E-state index contributed by atoms with van der Waals surface area (Å²) in [5, 5.41) is 12.6. The molecule has 0 bridgehead atoms. The number of esters is 1. The number of rotatable bonds is 32. The van der Waals surface area contributed by atoms with Crippen molar-refractivity contribution in [2.75, 3.05) is 26.4 Å². The van der Waals surface area contributed by atoms with E-state index in [1.165, 1.54) is 6.42 Å². The van der Waals surface area contributed by atoms with Crippen LogP contribution in [0.5, 0.6) is 0 Å². The molecule has 0 aromatic carbocycles. The average Bonchev–Trinajstić information content (AvgIpc) is 3.04. The Morgan fingerprint density at radius 2 is 1.24 bits per heavy atom. The van der Waals surface area contributed by atoms with Crippen molar-refractivity contribution in [1.29, 1.82) is 0 Å². The third-order valence-corrected chi connectivity index (χ3v) is 7.96. The Bertz CT molecular complexity index is 902. The first-order chi connectivity index (χ1) is 22.3. The van der Waals surface area contributed by atoms with Crippen molar-refractivity contribution in [3.63, 3.8) is 0 Å². The first-order valence-corrected chi connectivity index (χ1v) is 19.1. The quantitative estimate of drug-likeness (QED) is 0.0280. The summed E-state index contributed by atoms with van der Waals surface area (Å²) >= 11 is 0. The zero-order valence-electron chi connectivity index (χ0n) is 28.8. The van der Waals surface area contributed by atoms with Crippen molar-refractivity contribution >= 4 is 19.7 Å². The Labute approximate surface area is 279 Å². The SMILES string of the molecule is CC/C=C\C/C=C\C/C=C\CCCCCCCC(=O)NCCOP(=O)(O)OCC(O)COC(=O)CCCCCCC/C=C\CCC. The van der Waals surface area contributed by atoms with Gasteiger partial charge in [-0.3, -0.25) is 18.6 Å². The molecule has 0 aliphatic rings. The molecule has 0 fully saturated rings. The maximum atomic E-state index is 12.0. The van der Waals surface area contributed by atoms with E-state index < -0.39 is 26.5 Å². The van der Waals surface area contributed by atoms with Crippen molar-refractivity contribution in [2.45, 2.75) is 142 Å². The van der Waals surface area contributed by atoms with Crippen molar-refractivity contribution in [3.05, 3.63) is 48.6 Å². The van der Waals surface area contributed by atoms with E-state index in [0.717, 1.165) is 103 Å². The number of hydrogen-bond acceptors (Lipinski definition) is 7. The van der Waals surface area contributed by atoms with Crippen LogP contribution in [0.4, 0.5) is 0 Å². The summed E-state index contributed by atoms with van der Waals surface area (Å²) in [6.45, 7) is 3.31. The molecule has 1 amide bonds. The first-order valence-electron chi connectivity index (χ1n) is 17.6. The summed E-state index contributed by atoms with van der Waals surface area (Å²) in [7, 11) is -4.41. The summed E-state index contributed by atoms with van der Waals surface area (Å²) in [4.78, 5) is 33.6. The zero-order chi connectivity index (χ0) is 34.0. The molecule has 2 atom stereocenters. The summed E-state index contributed by atoms with van der Waals surface area (Å²) in [6.07, 6.45) is 34.8. The number of carbonyl (C=O) groups is 2. The number of allylic oxidation sites excluding steroid dienone is 8. The van der Waals surface area contributed by atoms with Crippen LogP contribution < -0.4 is 5.32 Å². The molecule has 2 unspecified atom stereocenters. The highest BCUT2D eigenvalue weighted by Gasteiger charge is 2.23. The Kier molecular flexibility index (Phi) is 31.4. The minimum Gasteiger partial charge on any atom is -0.463 e. The lowest BCUT2D eigenvalue weighted by atomic mass is 10.1. The van der Waals surface area contributed by atoms with Gasteiger partial charge in [0.2, 0.25) is 5.91 Å². The second-order valence-electron chi connectivity index (χ2n) is 11.5. The number of ether oxygens (including phenoxy) is 1.